The van der Waals surface area contributed by atoms with Crippen LogP contribution in [0.25, 0.3) is 0 Å². The summed E-state index contributed by atoms with van der Waals surface area (Å²) in [6.07, 6.45) is 80.1. The van der Waals surface area contributed by atoms with Crippen LogP contribution in [-0.4, -0.2) is 47.4 Å². The zero-order valence-corrected chi connectivity index (χ0v) is 48.9. The molecule has 0 aliphatic carbocycles. The average Bonchev–Trinajstić information content (AvgIpc) is 3.39. The molecule has 0 radical (unpaired) electrons. The van der Waals surface area contributed by atoms with E-state index in [-0.39, 0.29) is 18.5 Å². The number of esters is 1. The van der Waals surface area contributed by atoms with Crippen molar-refractivity contribution in [2.24, 2.45) is 0 Å². The topological polar surface area (TPSA) is 95.9 Å². The third-order valence-corrected chi connectivity index (χ3v) is 14.8. The minimum atomic E-state index is -0.864. The van der Waals surface area contributed by atoms with Gasteiger partial charge in [0.25, 0.3) is 0 Å². The monoisotopic (exact) mass is 1020 g/mol. The fourth-order valence-electron chi connectivity index (χ4n) is 9.84. The SMILES string of the molecule is CCCCC/C=C\C/C=C\CCCCCCCCCCCC(=O)OCCCCCCCC/C=C\CCCCCC(=O)NC(CO)C(O)/C=C/CCCCCCCCCCCCCCCCCCCCCCCC. The quantitative estimate of drug-likeness (QED) is 0.0320. The molecule has 3 N–H and O–H groups in total. The number of hydrogen-bond acceptors (Lipinski definition) is 5. The Kier molecular flexibility index (Phi) is 60.5. The molecule has 428 valence electrons. The van der Waals surface area contributed by atoms with Crippen LogP contribution in [0.3, 0.4) is 0 Å². The van der Waals surface area contributed by atoms with Gasteiger partial charge >= 0.3 is 5.97 Å². The van der Waals surface area contributed by atoms with E-state index in [1.54, 1.807) is 6.08 Å². The molecule has 73 heavy (non-hydrogen) atoms. The summed E-state index contributed by atoms with van der Waals surface area (Å²) in [7, 11) is 0. The van der Waals surface area contributed by atoms with Gasteiger partial charge in [-0.15, -0.1) is 0 Å². The zero-order chi connectivity index (χ0) is 52.9. The van der Waals surface area contributed by atoms with Crippen LogP contribution in [0.15, 0.2) is 48.6 Å². The normalized spacial score (nSPS) is 12.9. The third-order valence-electron chi connectivity index (χ3n) is 14.8. The molecule has 0 fully saturated rings. The van der Waals surface area contributed by atoms with Crippen molar-refractivity contribution in [2.75, 3.05) is 13.2 Å². The maximum absolute atomic E-state index is 12.5. The molecule has 6 heteroatoms. The van der Waals surface area contributed by atoms with E-state index in [1.165, 1.54) is 238 Å². The Morgan fingerprint density at radius 3 is 1.10 bits per heavy atom. The minimum absolute atomic E-state index is 0.0174. The van der Waals surface area contributed by atoms with Crippen molar-refractivity contribution in [3.8, 4) is 0 Å². The van der Waals surface area contributed by atoms with Gasteiger partial charge in [0.2, 0.25) is 5.91 Å². The third kappa shape index (κ3) is 58.9. The molecule has 0 aliphatic heterocycles. The smallest absolute Gasteiger partial charge is 0.305 e. The average molecular weight is 1020 g/mol. The van der Waals surface area contributed by atoms with Gasteiger partial charge in [0, 0.05) is 12.8 Å². The predicted octanol–water partition coefficient (Wildman–Crippen LogP) is 20.5. The van der Waals surface area contributed by atoms with Crippen molar-refractivity contribution in [2.45, 2.75) is 353 Å². The highest BCUT2D eigenvalue weighted by atomic mass is 16.5. The van der Waals surface area contributed by atoms with Crippen LogP contribution < -0.4 is 5.32 Å². The summed E-state index contributed by atoms with van der Waals surface area (Å²) in [5.41, 5.74) is 0. The molecule has 2 unspecified atom stereocenters. The first-order valence-electron chi connectivity index (χ1n) is 32.4. The van der Waals surface area contributed by atoms with Crippen molar-refractivity contribution in [1.29, 1.82) is 0 Å². The van der Waals surface area contributed by atoms with E-state index in [9.17, 15) is 19.8 Å². The molecule has 1 amide bonds. The van der Waals surface area contributed by atoms with E-state index >= 15 is 0 Å². The lowest BCUT2D eigenvalue weighted by molar-refractivity contribution is -0.143. The lowest BCUT2D eigenvalue weighted by Crippen LogP contribution is -2.45. The summed E-state index contributed by atoms with van der Waals surface area (Å²) < 4.78 is 5.48. The maximum atomic E-state index is 12.5. The van der Waals surface area contributed by atoms with Gasteiger partial charge in [0.05, 0.1) is 25.4 Å². The van der Waals surface area contributed by atoms with Crippen LogP contribution in [0.5, 0.6) is 0 Å². The minimum Gasteiger partial charge on any atom is -0.466 e. The fourth-order valence-corrected chi connectivity index (χ4v) is 9.84. The summed E-state index contributed by atoms with van der Waals surface area (Å²) in [4.78, 5) is 24.6. The lowest BCUT2D eigenvalue weighted by atomic mass is 10.0. The van der Waals surface area contributed by atoms with E-state index < -0.39 is 12.1 Å². The second kappa shape index (κ2) is 62.4. The number of unbranched alkanes of at least 4 members (excludes halogenated alkanes) is 43. The molecular weight excluding hydrogens is 899 g/mol. The van der Waals surface area contributed by atoms with E-state index in [4.69, 9.17) is 4.74 Å². The standard InChI is InChI=1S/C67H125NO5/c1-3-5-7-9-11-13-15-17-19-21-23-24-25-26-27-29-30-32-35-39-43-47-51-55-59-65(70)64(63-69)68-66(71)60-56-52-48-44-40-36-34-38-42-46-50-54-58-62-73-67(72)61-57-53-49-45-41-37-33-31-28-22-20-18-16-14-12-10-8-6-4-2/h12,14,18,20,36,40,55,59,64-65,69-70H,3-11,13,15-17,19,21-35,37-39,41-54,56-58,60-63H2,1-2H3,(H,68,71)/b14-12-,20-18-,40-36-,59-55+. The molecular formula is C67H125NO5. The Bertz CT molecular complexity index is 1230. The fraction of sp³-hybridized carbons (Fsp3) is 0.851. The maximum Gasteiger partial charge on any atom is 0.305 e. The summed E-state index contributed by atoms with van der Waals surface area (Å²) in [5.74, 6) is -0.113. The Morgan fingerprint density at radius 1 is 0.384 bits per heavy atom. The molecule has 0 saturated heterocycles. The first-order chi connectivity index (χ1) is 36.0. The van der Waals surface area contributed by atoms with Crippen molar-refractivity contribution in [3.05, 3.63) is 48.6 Å². The number of hydrogen-bond donors (Lipinski definition) is 3. The van der Waals surface area contributed by atoms with Gasteiger partial charge in [0.1, 0.15) is 0 Å². The van der Waals surface area contributed by atoms with E-state index in [0.29, 0.717) is 19.4 Å². The van der Waals surface area contributed by atoms with Gasteiger partial charge in [-0.25, -0.2) is 0 Å². The van der Waals surface area contributed by atoms with Crippen LogP contribution in [0.4, 0.5) is 0 Å². The highest BCUT2D eigenvalue weighted by molar-refractivity contribution is 5.76. The number of allylic oxidation sites excluding steroid dienone is 7. The Labute approximate surface area is 455 Å². The molecule has 0 spiro atoms. The van der Waals surface area contributed by atoms with Crippen LogP contribution in [0, 0.1) is 0 Å². The van der Waals surface area contributed by atoms with Gasteiger partial charge in [-0.1, -0.05) is 287 Å². The first kappa shape index (κ1) is 70.8. The summed E-state index contributed by atoms with van der Waals surface area (Å²) in [6.45, 7) is 4.86. The van der Waals surface area contributed by atoms with Gasteiger partial charge in [-0.2, -0.15) is 0 Å². The van der Waals surface area contributed by atoms with Crippen molar-refractivity contribution in [1.82, 2.24) is 5.32 Å². The van der Waals surface area contributed by atoms with E-state index in [2.05, 4.69) is 55.6 Å². The van der Waals surface area contributed by atoms with Crippen molar-refractivity contribution >= 4 is 11.9 Å². The first-order valence-corrected chi connectivity index (χ1v) is 32.4. The molecule has 0 aromatic rings. The molecule has 2 atom stereocenters. The van der Waals surface area contributed by atoms with Crippen LogP contribution in [-0.2, 0) is 14.3 Å². The second-order valence-corrected chi connectivity index (χ2v) is 22.1. The number of aliphatic hydroxyl groups excluding tert-OH is 2. The zero-order valence-electron chi connectivity index (χ0n) is 48.9. The number of carbonyl (C=O) groups excluding carboxylic acids is 2. The second-order valence-electron chi connectivity index (χ2n) is 22.1. The van der Waals surface area contributed by atoms with Gasteiger partial charge in [-0.3, -0.25) is 9.59 Å². The number of amides is 1. The number of rotatable bonds is 60. The predicted molar refractivity (Wildman–Crippen MR) is 319 cm³/mol. The van der Waals surface area contributed by atoms with Crippen LogP contribution in [0.1, 0.15) is 341 Å². The summed E-state index contributed by atoms with van der Waals surface area (Å²) in [5, 5.41) is 23.2. The molecule has 0 bridgehead atoms. The largest absolute Gasteiger partial charge is 0.466 e. The van der Waals surface area contributed by atoms with Crippen molar-refractivity contribution in [3.63, 3.8) is 0 Å². The molecule has 0 aliphatic rings. The van der Waals surface area contributed by atoms with Crippen LogP contribution in [0.2, 0.25) is 0 Å². The van der Waals surface area contributed by atoms with E-state index in [1.807, 2.05) is 6.08 Å². The molecule has 0 heterocycles. The van der Waals surface area contributed by atoms with Gasteiger partial charge in [-0.05, 0) is 89.9 Å². The van der Waals surface area contributed by atoms with Gasteiger partial charge < -0.3 is 20.3 Å². The molecule has 0 saturated carbocycles. The van der Waals surface area contributed by atoms with Crippen LogP contribution >= 0.6 is 0 Å². The summed E-state index contributed by atoms with van der Waals surface area (Å²) >= 11 is 0. The number of aliphatic hydroxyl groups is 2. The number of nitrogens with one attached hydrogen (secondary N) is 1. The highest BCUT2D eigenvalue weighted by Gasteiger charge is 2.18. The lowest BCUT2D eigenvalue weighted by Gasteiger charge is -2.19. The molecule has 6 nitrogen and oxygen atoms in total. The Morgan fingerprint density at radius 2 is 0.685 bits per heavy atom. The van der Waals surface area contributed by atoms with E-state index in [0.717, 1.165) is 77.0 Å². The molecule has 0 rings (SSSR count). The highest BCUT2D eigenvalue weighted by Crippen LogP contribution is 2.17. The van der Waals surface area contributed by atoms with Gasteiger partial charge in [0.15, 0.2) is 0 Å². The number of ether oxygens (including phenoxy) is 1. The molecule has 0 aromatic carbocycles. The van der Waals surface area contributed by atoms with Crippen molar-refractivity contribution < 1.29 is 24.5 Å². The Balaban J connectivity index is 3.51. The molecule has 0 aromatic heterocycles. The number of carbonyl (C=O) groups is 2. The summed E-state index contributed by atoms with van der Waals surface area (Å²) in [6, 6.07) is -0.651. The Hall–Kier alpha value is -2.18.